The van der Waals surface area contributed by atoms with Crippen LogP contribution in [-0.2, 0) is 0 Å². The summed E-state index contributed by atoms with van der Waals surface area (Å²) in [5.74, 6) is 0. The molecule has 0 N–H and O–H groups in total. The van der Waals surface area contributed by atoms with Crippen molar-refractivity contribution >= 4 is 23.2 Å². The average Bonchev–Trinajstić information content (AvgIpc) is 1.75. The highest BCUT2D eigenvalue weighted by molar-refractivity contribution is 8.36. The van der Waals surface area contributed by atoms with E-state index in [9.17, 15) is 0 Å². The molecule has 86 valence electrons. The van der Waals surface area contributed by atoms with Crippen LogP contribution in [0.3, 0.4) is 0 Å². The predicted octanol–water partition coefficient (Wildman–Crippen LogP) is 5.49. The van der Waals surface area contributed by atoms with Crippen LogP contribution in [0.15, 0.2) is 0 Å². The lowest BCUT2D eigenvalue weighted by molar-refractivity contribution is 0.720. The second-order valence-electron chi connectivity index (χ2n) is 7.04. The van der Waals surface area contributed by atoms with E-state index in [4.69, 9.17) is 0 Å². The van der Waals surface area contributed by atoms with Crippen molar-refractivity contribution in [2.24, 2.45) is 0 Å². The fourth-order valence-electron chi connectivity index (χ4n) is 1.68. The molecule has 0 saturated carbocycles. The molecule has 3 heteroatoms. The molecular formula is C11H28P2Si. The summed E-state index contributed by atoms with van der Waals surface area (Å²) in [7, 11) is 0.515. The van der Waals surface area contributed by atoms with Gasteiger partial charge in [-0.3, -0.25) is 0 Å². The lowest BCUT2D eigenvalue weighted by Gasteiger charge is -2.44. The van der Waals surface area contributed by atoms with E-state index in [1.54, 1.807) is 0 Å². The van der Waals surface area contributed by atoms with Gasteiger partial charge in [0.15, 0.2) is 0 Å². The van der Waals surface area contributed by atoms with Crippen molar-refractivity contribution in [1.82, 2.24) is 0 Å². The summed E-state index contributed by atoms with van der Waals surface area (Å²) < 4.78 is 0. The molecule has 0 aliphatic rings. The van der Waals surface area contributed by atoms with Crippen molar-refractivity contribution in [3.05, 3.63) is 0 Å². The Kier molecular flexibility index (Phi) is 4.87. The van der Waals surface area contributed by atoms with E-state index in [0.29, 0.717) is 10.3 Å². The summed E-state index contributed by atoms with van der Waals surface area (Å²) in [6, 6.07) is 0. The molecule has 14 heavy (non-hydrogen) atoms. The van der Waals surface area contributed by atoms with Crippen molar-refractivity contribution in [1.29, 1.82) is 0 Å². The zero-order chi connectivity index (χ0) is 11.8. The van der Waals surface area contributed by atoms with E-state index in [-0.39, 0.29) is 7.61 Å². The predicted molar refractivity (Wildman–Crippen MR) is 78.1 cm³/mol. The second-order valence-corrected chi connectivity index (χ2v) is 23.6. The summed E-state index contributed by atoms with van der Waals surface area (Å²) in [6.45, 7) is 22.1. The van der Waals surface area contributed by atoms with E-state index < -0.39 is 7.74 Å². The van der Waals surface area contributed by atoms with Gasteiger partial charge < -0.3 is 0 Å². The van der Waals surface area contributed by atoms with E-state index in [2.05, 4.69) is 61.2 Å². The van der Waals surface area contributed by atoms with Crippen LogP contribution < -0.4 is 0 Å². The van der Waals surface area contributed by atoms with Gasteiger partial charge in [-0.15, -0.1) is 7.82 Å². The van der Waals surface area contributed by atoms with E-state index in [0.717, 1.165) is 0 Å². The van der Waals surface area contributed by atoms with Crippen molar-refractivity contribution in [3.8, 4) is 0 Å². The lowest BCUT2D eigenvalue weighted by Crippen LogP contribution is -2.26. The first-order valence-electron chi connectivity index (χ1n) is 5.42. The molecule has 0 bridgehead atoms. The van der Waals surface area contributed by atoms with Gasteiger partial charge in [-0.1, -0.05) is 68.8 Å². The van der Waals surface area contributed by atoms with Gasteiger partial charge in [-0.2, -0.15) is 0 Å². The zero-order valence-corrected chi connectivity index (χ0v) is 14.3. The molecule has 0 fully saturated rings. The molecule has 0 nitrogen and oxygen atoms in total. The molecule has 0 saturated heterocycles. The number of rotatable bonds is 2. The van der Waals surface area contributed by atoms with E-state index in [1.165, 1.54) is 7.82 Å². The molecule has 0 spiro atoms. The number of hydrogen-bond donors (Lipinski definition) is 0. The van der Waals surface area contributed by atoms with Crippen LogP contribution in [0.5, 0.6) is 0 Å². The van der Waals surface area contributed by atoms with Crippen LogP contribution in [0.1, 0.15) is 41.5 Å². The van der Waals surface area contributed by atoms with Gasteiger partial charge in [0.2, 0.25) is 0 Å². The van der Waals surface area contributed by atoms with Crippen molar-refractivity contribution in [2.75, 3.05) is 0 Å². The Hall–Kier alpha value is 1.08. The summed E-state index contributed by atoms with van der Waals surface area (Å²) in [6.07, 6.45) is 0. The van der Waals surface area contributed by atoms with E-state index >= 15 is 0 Å². The average molecular weight is 250 g/mol. The fourth-order valence-corrected chi connectivity index (χ4v) is 21.1. The first-order valence-corrected chi connectivity index (χ1v) is 13.1. The van der Waals surface area contributed by atoms with Gasteiger partial charge in [-0.25, -0.2) is 0 Å². The standard InChI is InChI=1S/C11H28P2Si/c1-10(2,3)13(11(4,5)6)12-14(7,8)9/h12H,1-9H3. The molecule has 1 atom stereocenters. The molecule has 0 radical (unpaired) electrons. The molecule has 1 unspecified atom stereocenters. The van der Waals surface area contributed by atoms with Crippen LogP contribution in [0.4, 0.5) is 0 Å². The third-order valence-electron chi connectivity index (χ3n) is 1.79. The molecule has 0 aromatic rings. The van der Waals surface area contributed by atoms with Gasteiger partial charge in [0.25, 0.3) is 0 Å². The maximum absolute atomic E-state index is 2.51. The Balaban J connectivity index is 4.78. The van der Waals surface area contributed by atoms with E-state index in [1.807, 2.05) is 0 Å². The molecule has 0 rings (SSSR count). The lowest BCUT2D eigenvalue weighted by atomic mass is 10.2. The Bertz CT molecular complexity index is 167. The van der Waals surface area contributed by atoms with Gasteiger partial charge >= 0.3 is 0 Å². The van der Waals surface area contributed by atoms with Crippen molar-refractivity contribution in [3.63, 3.8) is 0 Å². The molecule has 0 amide bonds. The minimum atomic E-state index is -0.883. The molecule has 0 aromatic heterocycles. The summed E-state index contributed by atoms with van der Waals surface area (Å²) in [4.78, 5) is 0. The van der Waals surface area contributed by atoms with Crippen LogP contribution in [-0.4, -0.2) is 18.1 Å². The SMILES string of the molecule is CC(C)(C)P(P[Si](C)(C)C)C(C)(C)C. The quantitative estimate of drug-likeness (QED) is 0.449. The Morgan fingerprint density at radius 1 is 0.786 bits per heavy atom. The second kappa shape index (κ2) is 4.52. The molecule has 0 aliphatic heterocycles. The van der Waals surface area contributed by atoms with Gasteiger partial charge in [-0.05, 0) is 10.3 Å². The summed E-state index contributed by atoms with van der Waals surface area (Å²) in [5.41, 5.74) is 0. The fraction of sp³-hybridized carbons (Fsp3) is 1.00. The third kappa shape index (κ3) is 5.84. The van der Waals surface area contributed by atoms with Crippen LogP contribution in [0.2, 0.25) is 19.6 Å². The summed E-state index contributed by atoms with van der Waals surface area (Å²) >= 11 is 0. The molecule has 0 aromatic carbocycles. The third-order valence-corrected chi connectivity index (χ3v) is 20.1. The highest BCUT2D eigenvalue weighted by Gasteiger charge is 2.37. The molecule has 0 aliphatic carbocycles. The maximum atomic E-state index is 2.51. The van der Waals surface area contributed by atoms with Crippen molar-refractivity contribution in [2.45, 2.75) is 71.5 Å². The van der Waals surface area contributed by atoms with Crippen LogP contribution in [0, 0.1) is 0 Å². The van der Waals surface area contributed by atoms with Gasteiger partial charge in [0.05, 0.1) is 7.74 Å². The molecule has 0 heterocycles. The topological polar surface area (TPSA) is 0 Å². The zero-order valence-electron chi connectivity index (χ0n) is 11.4. The Labute approximate surface area is 94.9 Å². The largest absolute Gasteiger partial charge is 0.107 e. The highest BCUT2D eigenvalue weighted by Crippen LogP contribution is 2.74. The van der Waals surface area contributed by atoms with Crippen LogP contribution in [0.25, 0.3) is 0 Å². The monoisotopic (exact) mass is 250 g/mol. The number of hydrogen-bond acceptors (Lipinski definition) is 0. The van der Waals surface area contributed by atoms with Crippen LogP contribution >= 0.6 is 15.4 Å². The van der Waals surface area contributed by atoms with Gasteiger partial charge in [0.1, 0.15) is 0 Å². The van der Waals surface area contributed by atoms with Crippen molar-refractivity contribution < 1.29 is 0 Å². The highest BCUT2D eigenvalue weighted by atomic mass is 32.2. The minimum absolute atomic E-state index is 0.159. The first kappa shape index (κ1) is 15.1. The normalized spacial score (nSPS) is 15.9. The Morgan fingerprint density at radius 3 is 1.14 bits per heavy atom. The maximum Gasteiger partial charge on any atom is 0.0735 e. The molecular weight excluding hydrogens is 222 g/mol. The Morgan fingerprint density at radius 2 is 1.07 bits per heavy atom. The smallest absolute Gasteiger partial charge is 0.0735 e. The summed E-state index contributed by atoms with van der Waals surface area (Å²) in [5, 5.41) is 1.04. The minimum Gasteiger partial charge on any atom is -0.107 e. The van der Waals surface area contributed by atoms with Gasteiger partial charge in [0, 0.05) is 0 Å². The first-order chi connectivity index (χ1) is 5.84.